The normalized spacial score (nSPS) is 23.2. The zero-order chi connectivity index (χ0) is 19.9. The lowest BCUT2D eigenvalue weighted by molar-refractivity contribution is 0.128. The van der Waals surface area contributed by atoms with Crippen molar-refractivity contribution in [3.05, 3.63) is 11.3 Å². The summed E-state index contributed by atoms with van der Waals surface area (Å²) in [7, 11) is 1.79. The summed E-state index contributed by atoms with van der Waals surface area (Å²) in [5, 5.41) is 0. The van der Waals surface area contributed by atoms with Crippen LogP contribution in [0.2, 0.25) is 0 Å². The van der Waals surface area contributed by atoms with Crippen LogP contribution in [0.3, 0.4) is 0 Å². The molecule has 0 spiro atoms. The molecule has 0 N–H and O–H groups in total. The van der Waals surface area contributed by atoms with Crippen LogP contribution in [0.1, 0.15) is 62.3 Å². The van der Waals surface area contributed by atoms with E-state index in [0.29, 0.717) is 0 Å². The zero-order valence-corrected chi connectivity index (χ0v) is 18.9. The van der Waals surface area contributed by atoms with Crippen LogP contribution in [0.4, 0.5) is 0 Å². The van der Waals surface area contributed by atoms with Crippen LogP contribution in [0, 0.1) is 16.2 Å². The first kappa shape index (κ1) is 21.4. The van der Waals surface area contributed by atoms with Crippen molar-refractivity contribution in [2.45, 2.75) is 68.4 Å². The van der Waals surface area contributed by atoms with Gasteiger partial charge in [0.1, 0.15) is 5.84 Å². The summed E-state index contributed by atoms with van der Waals surface area (Å²) >= 11 is 0. The molecule has 1 fully saturated rings. The number of aliphatic imine (C=N–C) groups is 1. The third-order valence-corrected chi connectivity index (χ3v) is 5.34. The fourth-order valence-electron chi connectivity index (χ4n) is 4.11. The quantitative estimate of drug-likeness (QED) is 0.743. The van der Waals surface area contributed by atoms with Crippen LogP contribution in [-0.2, 0) is 4.74 Å². The number of methoxy groups -OCH3 is 1. The average Bonchev–Trinajstić information content (AvgIpc) is 2.47. The highest BCUT2D eigenvalue weighted by Gasteiger charge is 2.44. The molecule has 0 bridgehead atoms. The lowest BCUT2D eigenvalue weighted by atomic mass is 9.70. The minimum Gasteiger partial charge on any atom is -0.383 e. The van der Waals surface area contributed by atoms with Gasteiger partial charge in [-0.1, -0.05) is 62.3 Å². The molecular formula is C22H41N3O. The van der Waals surface area contributed by atoms with Crippen LogP contribution >= 0.6 is 0 Å². The van der Waals surface area contributed by atoms with Crippen molar-refractivity contribution in [1.82, 2.24) is 9.80 Å². The van der Waals surface area contributed by atoms with Crippen LogP contribution in [-0.4, -0.2) is 61.6 Å². The van der Waals surface area contributed by atoms with Crippen molar-refractivity contribution in [1.29, 1.82) is 0 Å². The summed E-state index contributed by atoms with van der Waals surface area (Å²) in [6, 6.07) is 0.227. The summed E-state index contributed by atoms with van der Waals surface area (Å²) in [5.41, 5.74) is 3.25. The molecule has 2 heterocycles. The van der Waals surface area contributed by atoms with E-state index in [1.807, 2.05) is 0 Å². The Balaban J connectivity index is 2.57. The number of amidine groups is 1. The van der Waals surface area contributed by atoms with E-state index in [1.54, 1.807) is 7.11 Å². The third kappa shape index (κ3) is 4.51. The summed E-state index contributed by atoms with van der Waals surface area (Å²) in [4.78, 5) is 10.5. The van der Waals surface area contributed by atoms with Crippen molar-refractivity contribution in [3.8, 4) is 0 Å². The summed E-state index contributed by atoms with van der Waals surface area (Å²) in [6.07, 6.45) is 0. The van der Waals surface area contributed by atoms with Gasteiger partial charge in [-0.15, -0.1) is 0 Å². The van der Waals surface area contributed by atoms with Crippen molar-refractivity contribution in [2.75, 3.05) is 39.9 Å². The van der Waals surface area contributed by atoms with Crippen molar-refractivity contribution in [2.24, 2.45) is 21.2 Å². The van der Waals surface area contributed by atoms with Gasteiger partial charge in [0.05, 0.1) is 12.6 Å². The molecule has 0 radical (unpaired) electrons. The van der Waals surface area contributed by atoms with E-state index in [1.165, 1.54) is 17.1 Å². The highest BCUT2D eigenvalue weighted by molar-refractivity contribution is 5.90. The second-order valence-electron chi connectivity index (χ2n) is 11.0. The molecule has 0 aromatic rings. The van der Waals surface area contributed by atoms with E-state index >= 15 is 0 Å². The molecule has 26 heavy (non-hydrogen) atoms. The van der Waals surface area contributed by atoms with Crippen molar-refractivity contribution in [3.63, 3.8) is 0 Å². The molecule has 1 unspecified atom stereocenters. The molecule has 1 atom stereocenters. The first-order valence-corrected chi connectivity index (χ1v) is 10.1. The molecule has 4 heteroatoms. The predicted octanol–water partition coefficient (Wildman–Crippen LogP) is 4.42. The van der Waals surface area contributed by atoms with Crippen molar-refractivity contribution < 1.29 is 4.74 Å². The summed E-state index contributed by atoms with van der Waals surface area (Å²) < 4.78 is 5.33. The Kier molecular flexibility index (Phi) is 5.99. The first-order chi connectivity index (χ1) is 11.8. The number of nitrogens with zero attached hydrogens (tertiary/aromatic N) is 3. The average molecular weight is 364 g/mol. The van der Waals surface area contributed by atoms with Crippen molar-refractivity contribution >= 4 is 5.84 Å². The van der Waals surface area contributed by atoms with Gasteiger partial charge in [0.15, 0.2) is 0 Å². The second-order valence-corrected chi connectivity index (χ2v) is 11.0. The van der Waals surface area contributed by atoms with Gasteiger partial charge >= 0.3 is 0 Å². The topological polar surface area (TPSA) is 28.1 Å². The minimum atomic E-state index is 0.0485. The molecular weight excluding hydrogens is 322 g/mol. The molecule has 150 valence electrons. The van der Waals surface area contributed by atoms with Gasteiger partial charge in [-0.25, -0.2) is 0 Å². The Bertz CT molecular complexity index is 570. The number of piperazine rings is 1. The molecule has 0 aromatic carbocycles. The Morgan fingerprint density at radius 3 is 2.04 bits per heavy atom. The van der Waals surface area contributed by atoms with E-state index in [2.05, 4.69) is 72.1 Å². The lowest BCUT2D eigenvalue weighted by Gasteiger charge is -2.51. The number of ether oxygens (including phenoxy) is 1. The Labute approximate surface area is 161 Å². The Morgan fingerprint density at radius 1 is 0.962 bits per heavy atom. The molecule has 1 saturated heterocycles. The van der Waals surface area contributed by atoms with Crippen LogP contribution in [0.15, 0.2) is 16.3 Å². The van der Waals surface area contributed by atoms with Gasteiger partial charge in [-0.05, 0) is 16.4 Å². The Hall–Kier alpha value is -0.870. The zero-order valence-electron chi connectivity index (χ0n) is 18.9. The molecule has 2 aliphatic rings. The number of hydrogen-bond acceptors (Lipinski definition) is 4. The van der Waals surface area contributed by atoms with Gasteiger partial charge in [0.25, 0.3) is 0 Å². The minimum absolute atomic E-state index is 0.0485. The summed E-state index contributed by atoms with van der Waals surface area (Å²) in [6.45, 7) is 25.8. The Morgan fingerprint density at radius 2 is 1.58 bits per heavy atom. The largest absolute Gasteiger partial charge is 0.383 e. The monoisotopic (exact) mass is 363 g/mol. The molecule has 0 amide bonds. The number of hydrogen-bond donors (Lipinski definition) is 0. The van der Waals surface area contributed by atoms with Crippen LogP contribution in [0.25, 0.3) is 0 Å². The van der Waals surface area contributed by atoms with Gasteiger partial charge in [0, 0.05) is 44.4 Å². The van der Waals surface area contributed by atoms with E-state index in [0.717, 1.165) is 32.8 Å². The molecule has 4 nitrogen and oxygen atoms in total. The maximum absolute atomic E-state index is 5.39. The third-order valence-electron chi connectivity index (χ3n) is 5.34. The molecule has 0 saturated carbocycles. The van der Waals surface area contributed by atoms with Crippen LogP contribution < -0.4 is 0 Å². The lowest BCUT2D eigenvalue weighted by Crippen LogP contribution is -2.56. The van der Waals surface area contributed by atoms with E-state index in [4.69, 9.17) is 9.73 Å². The van der Waals surface area contributed by atoms with E-state index < -0.39 is 0 Å². The fourth-order valence-corrected chi connectivity index (χ4v) is 4.11. The molecule has 0 aromatic heterocycles. The highest BCUT2D eigenvalue weighted by atomic mass is 16.5. The maximum Gasteiger partial charge on any atom is 0.109 e. The number of rotatable bonds is 3. The number of fused-ring (bicyclic) bond motifs is 1. The maximum atomic E-state index is 5.39. The van der Waals surface area contributed by atoms with E-state index in [9.17, 15) is 0 Å². The summed E-state index contributed by atoms with van der Waals surface area (Å²) in [5.74, 6) is 1.26. The molecule has 0 aliphatic carbocycles. The first-order valence-electron chi connectivity index (χ1n) is 10.1. The second kappa shape index (κ2) is 7.27. The fraction of sp³-hybridized carbons (Fsp3) is 0.864. The van der Waals surface area contributed by atoms with Gasteiger partial charge in [-0.3, -0.25) is 9.89 Å². The molecule has 2 aliphatic heterocycles. The van der Waals surface area contributed by atoms with Gasteiger partial charge < -0.3 is 9.64 Å². The van der Waals surface area contributed by atoms with Crippen LogP contribution in [0.5, 0.6) is 0 Å². The molecule has 2 rings (SSSR count). The smallest absolute Gasteiger partial charge is 0.109 e. The predicted molar refractivity (Wildman–Crippen MR) is 112 cm³/mol. The van der Waals surface area contributed by atoms with Gasteiger partial charge in [0.2, 0.25) is 0 Å². The SMILES string of the molecule is COCCN1CCN2C(C(C)(C)C)=NC(C(C)(C)C)C(C(C)(C)C)=C2C1. The van der Waals surface area contributed by atoms with E-state index in [-0.39, 0.29) is 22.3 Å². The standard InChI is InChI=1S/C22H41N3O/c1-20(2,3)17-16-15-24(13-14-26-10)11-12-25(16)19(22(7,8)9)23-18(17)21(4,5)6/h18H,11-15H2,1-10H3. The van der Waals surface area contributed by atoms with Gasteiger partial charge in [-0.2, -0.15) is 0 Å². The highest BCUT2D eigenvalue weighted by Crippen LogP contribution is 2.45.